The average Bonchev–Trinajstić information content (AvgIpc) is 2.26. The third kappa shape index (κ3) is 4.76. The smallest absolute Gasteiger partial charge is 0.124 e. The van der Waals surface area contributed by atoms with Crippen LogP contribution in [0.2, 0.25) is 0 Å². The topological polar surface area (TPSA) is 12.0 Å². The van der Waals surface area contributed by atoms with Crippen molar-refractivity contribution in [2.45, 2.75) is 39.7 Å². The van der Waals surface area contributed by atoms with Crippen molar-refractivity contribution in [1.29, 1.82) is 0 Å². The van der Waals surface area contributed by atoms with Crippen molar-refractivity contribution in [2.75, 3.05) is 6.54 Å². The Labute approximate surface area is 112 Å². The number of nitrogens with one attached hydrogen (secondary N) is 1. The van der Waals surface area contributed by atoms with E-state index in [1.165, 1.54) is 6.07 Å². The van der Waals surface area contributed by atoms with E-state index in [0.717, 1.165) is 29.4 Å². The highest BCUT2D eigenvalue weighted by atomic mass is 79.9. The number of halogens is 2. The number of rotatable bonds is 6. The highest BCUT2D eigenvalue weighted by Gasteiger charge is 2.15. The van der Waals surface area contributed by atoms with E-state index in [2.05, 4.69) is 42.0 Å². The minimum absolute atomic E-state index is 0.172. The van der Waals surface area contributed by atoms with Crippen LogP contribution in [-0.4, -0.2) is 12.6 Å². The Bertz CT molecular complexity index is 334. The number of hydrogen-bond acceptors (Lipinski definition) is 1. The Balaban J connectivity index is 2.77. The normalized spacial score (nSPS) is 14.6. The van der Waals surface area contributed by atoms with E-state index >= 15 is 0 Å². The largest absolute Gasteiger partial charge is 0.314 e. The highest BCUT2D eigenvalue weighted by molar-refractivity contribution is 9.10. The molecule has 2 atom stereocenters. The monoisotopic (exact) mass is 301 g/mol. The van der Waals surface area contributed by atoms with E-state index in [1.807, 2.05) is 6.07 Å². The zero-order valence-corrected chi connectivity index (χ0v) is 12.3. The molecule has 0 spiro atoms. The molecule has 0 amide bonds. The fourth-order valence-electron chi connectivity index (χ4n) is 2.00. The zero-order valence-electron chi connectivity index (χ0n) is 10.8. The molecule has 0 aliphatic carbocycles. The van der Waals surface area contributed by atoms with Crippen LogP contribution in [0, 0.1) is 11.7 Å². The third-order valence-electron chi connectivity index (χ3n) is 3.18. The van der Waals surface area contributed by atoms with Crippen LogP contribution in [-0.2, 0) is 6.42 Å². The Morgan fingerprint density at radius 3 is 2.53 bits per heavy atom. The van der Waals surface area contributed by atoms with Gasteiger partial charge < -0.3 is 5.32 Å². The number of benzene rings is 1. The lowest BCUT2D eigenvalue weighted by Crippen LogP contribution is -2.36. The molecule has 0 saturated carbocycles. The lowest BCUT2D eigenvalue weighted by molar-refractivity contribution is 0.370. The predicted octanol–water partition coefficient (Wildman–Crippen LogP) is 4.15. The van der Waals surface area contributed by atoms with Crippen molar-refractivity contribution in [2.24, 2.45) is 5.92 Å². The molecule has 0 bridgehead atoms. The van der Waals surface area contributed by atoms with Gasteiger partial charge in [0.2, 0.25) is 0 Å². The molecule has 0 aliphatic heterocycles. The minimum Gasteiger partial charge on any atom is -0.314 e. The highest BCUT2D eigenvalue weighted by Crippen LogP contribution is 2.19. The quantitative estimate of drug-likeness (QED) is 0.832. The maximum absolute atomic E-state index is 13.3. The summed E-state index contributed by atoms with van der Waals surface area (Å²) in [6.45, 7) is 7.49. The van der Waals surface area contributed by atoms with Gasteiger partial charge in [0.15, 0.2) is 0 Å². The van der Waals surface area contributed by atoms with E-state index in [-0.39, 0.29) is 5.82 Å². The van der Waals surface area contributed by atoms with Gasteiger partial charge in [-0.2, -0.15) is 0 Å². The zero-order chi connectivity index (χ0) is 12.8. The molecule has 1 rings (SSSR count). The second-order valence-electron chi connectivity index (χ2n) is 4.53. The van der Waals surface area contributed by atoms with Crippen LogP contribution in [0.1, 0.15) is 32.8 Å². The summed E-state index contributed by atoms with van der Waals surface area (Å²) in [7, 11) is 0. The molecule has 0 fully saturated rings. The lowest BCUT2D eigenvalue weighted by atomic mass is 9.93. The van der Waals surface area contributed by atoms with Gasteiger partial charge >= 0.3 is 0 Å². The van der Waals surface area contributed by atoms with Gasteiger partial charge in [0.1, 0.15) is 5.82 Å². The van der Waals surface area contributed by atoms with Gasteiger partial charge in [-0.1, -0.05) is 43.1 Å². The molecular weight excluding hydrogens is 281 g/mol. The van der Waals surface area contributed by atoms with E-state index in [4.69, 9.17) is 0 Å². The van der Waals surface area contributed by atoms with Gasteiger partial charge in [0.05, 0.1) is 0 Å². The fraction of sp³-hybridized carbons (Fsp3) is 0.571. The van der Waals surface area contributed by atoms with E-state index in [9.17, 15) is 4.39 Å². The molecule has 1 N–H and O–H groups in total. The first-order valence-electron chi connectivity index (χ1n) is 6.25. The van der Waals surface area contributed by atoms with Crippen molar-refractivity contribution in [3.05, 3.63) is 34.1 Å². The number of hydrogen-bond donors (Lipinski definition) is 1. The van der Waals surface area contributed by atoms with Gasteiger partial charge in [-0.3, -0.25) is 0 Å². The SMILES string of the molecule is CCNC(Cc1cc(F)cc(Br)c1)C(C)CC. The van der Waals surface area contributed by atoms with Crippen LogP contribution in [0.15, 0.2) is 22.7 Å². The lowest BCUT2D eigenvalue weighted by Gasteiger charge is -2.24. The van der Waals surface area contributed by atoms with Gasteiger partial charge in [0.25, 0.3) is 0 Å². The fourth-order valence-corrected chi connectivity index (χ4v) is 2.52. The molecule has 0 heterocycles. The molecule has 2 unspecified atom stereocenters. The standard InChI is InChI=1S/C14H21BrFN/c1-4-10(3)14(17-5-2)8-11-6-12(15)9-13(16)7-11/h6-7,9-10,14,17H,4-5,8H2,1-3H3. The van der Waals surface area contributed by atoms with Crippen molar-refractivity contribution < 1.29 is 4.39 Å². The summed E-state index contributed by atoms with van der Waals surface area (Å²) in [6.07, 6.45) is 2.01. The van der Waals surface area contributed by atoms with Crippen molar-refractivity contribution in [3.8, 4) is 0 Å². The van der Waals surface area contributed by atoms with E-state index in [1.54, 1.807) is 6.07 Å². The second-order valence-corrected chi connectivity index (χ2v) is 5.45. The predicted molar refractivity (Wildman–Crippen MR) is 74.7 cm³/mol. The van der Waals surface area contributed by atoms with Crippen LogP contribution >= 0.6 is 15.9 Å². The Hall–Kier alpha value is -0.410. The molecule has 1 aromatic rings. The van der Waals surface area contributed by atoms with Gasteiger partial charge in [-0.05, 0) is 42.6 Å². The molecule has 1 nitrogen and oxygen atoms in total. The van der Waals surface area contributed by atoms with Crippen molar-refractivity contribution in [1.82, 2.24) is 5.32 Å². The first-order valence-corrected chi connectivity index (χ1v) is 7.04. The van der Waals surface area contributed by atoms with Gasteiger partial charge in [-0.15, -0.1) is 0 Å². The third-order valence-corrected chi connectivity index (χ3v) is 3.63. The number of likely N-dealkylation sites (N-methyl/N-ethyl adjacent to an activating group) is 1. The molecule has 17 heavy (non-hydrogen) atoms. The maximum atomic E-state index is 13.3. The molecule has 0 aliphatic rings. The summed E-state index contributed by atoms with van der Waals surface area (Å²) in [5.41, 5.74) is 1.04. The molecule has 0 saturated heterocycles. The van der Waals surface area contributed by atoms with E-state index < -0.39 is 0 Å². The summed E-state index contributed by atoms with van der Waals surface area (Å²) in [6, 6.07) is 5.53. The summed E-state index contributed by atoms with van der Waals surface area (Å²) >= 11 is 3.34. The summed E-state index contributed by atoms with van der Waals surface area (Å²) in [5, 5.41) is 3.48. The minimum atomic E-state index is -0.172. The first-order chi connectivity index (χ1) is 8.06. The maximum Gasteiger partial charge on any atom is 0.124 e. The van der Waals surface area contributed by atoms with Crippen LogP contribution < -0.4 is 5.32 Å². The molecule has 1 aromatic carbocycles. The second kappa shape index (κ2) is 7.12. The van der Waals surface area contributed by atoms with Crippen molar-refractivity contribution in [3.63, 3.8) is 0 Å². The van der Waals surface area contributed by atoms with Crippen LogP contribution in [0.3, 0.4) is 0 Å². The summed E-state index contributed by atoms with van der Waals surface area (Å²) in [4.78, 5) is 0. The molecule has 3 heteroatoms. The average molecular weight is 302 g/mol. The Morgan fingerprint density at radius 2 is 2.00 bits per heavy atom. The molecule has 0 aromatic heterocycles. The van der Waals surface area contributed by atoms with E-state index in [0.29, 0.717) is 12.0 Å². The van der Waals surface area contributed by atoms with Crippen LogP contribution in [0.25, 0.3) is 0 Å². The Kier molecular flexibility index (Phi) is 6.14. The van der Waals surface area contributed by atoms with Crippen LogP contribution in [0.5, 0.6) is 0 Å². The molecular formula is C14H21BrFN. The summed E-state index contributed by atoms with van der Waals surface area (Å²) in [5.74, 6) is 0.422. The van der Waals surface area contributed by atoms with Gasteiger partial charge in [0, 0.05) is 10.5 Å². The summed E-state index contributed by atoms with van der Waals surface area (Å²) < 4.78 is 14.1. The molecule has 0 radical (unpaired) electrons. The van der Waals surface area contributed by atoms with Gasteiger partial charge in [-0.25, -0.2) is 4.39 Å². The Morgan fingerprint density at radius 1 is 1.29 bits per heavy atom. The van der Waals surface area contributed by atoms with Crippen molar-refractivity contribution >= 4 is 15.9 Å². The molecule has 96 valence electrons. The first kappa shape index (κ1) is 14.7. The van der Waals surface area contributed by atoms with Crippen LogP contribution in [0.4, 0.5) is 4.39 Å².